The molecule has 1 rings (SSSR count). The van der Waals surface area contributed by atoms with Gasteiger partial charge in [-0.2, -0.15) is 0 Å². The summed E-state index contributed by atoms with van der Waals surface area (Å²) >= 11 is 8.81. The molecule has 14 heavy (non-hydrogen) atoms. The smallest absolute Gasteiger partial charge is 0.239 e. The quantitative estimate of drug-likeness (QED) is 0.826. The Balaban J connectivity index is 3.02. The molecule has 0 aliphatic heterocycles. The molecule has 0 unspecified atom stereocenters. The standard InChI is InChI=1S/C10H11BrClNO/c1-6-3-7(2)10(8(11)4-6)13-9(14)5-12/h3-4H,5H2,1-2H3,(H,13,14). The van der Waals surface area contributed by atoms with Crippen LogP contribution in [0.3, 0.4) is 0 Å². The van der Waals surface area contributed by atoms with Gasteiger partial charge in [-0.15, -0.1) is 11.6 Å². The second-order valence-corrected chi connectivity index (χ2v) is 4.24. The lowest BCUT2D eigenvalue weighted by Crippen LogP contribution is -2.14. The summed E-state index contributed by atoms with van der Waals surface area (Å²) < 4.78 is 0.883. The van der Waals surface area contributed by atoms with Gasteiger partial charge in [-0.3, -0.25) is 4.79 Å². The molecule has 1 N–H and O–H groups in total. The van der Waals surface area contributed by atoms with Crippen molar-refractivity contribution in [3.63, 3.8) is 0 Å². The summed E-state index contributed by atoms with van der Waals surface area (Å²) in [7, 11) is 0. The predicted molar refractivity (Wildman–Crippen MR) is 63.0 cm³/mol. The Kier molecular flexibility index (Phi) is 3.96. The Labute approximate surface area is 96.8 Å². The second kappa shape index (κ2) is 4.80. The zero-order chi connectivity index (χ0) is 10.7. The Morgan fingerprint density at radius 3 is 2.64 bits per heavy atom. The van der Waals surface area contributed by atoms with Crippen molar-refractivity contribution in [3.05, 3.63) is 27.7 Å². The van der Waals surface area contributed by atoms with E-state index in [2.05, 4.69) is 21.2 Å². The monoisotopic (exact) mass is 275 g/mol. The molecule has 76 valence electrons. The van der Waals surface area contributed by atoms with Gasteiger partial charge in [-0.05, 0) is 47.0 Å². The third kappa shape index (κ3) is 2.72. The lowest BCUT2D eigenvalue weighted by molar-refractivity contribution is -0.113. The summed E-state index contributed by atoms with van der Waals surface area (Å²) in [4.78, 5) is 11.1. The fourth-order valence-corrected chi connectivity index (χ4v) is 2.09. The van der Waals surface area contributed by atoms with Crippen molar-refractivity contribution in [1.29, 1.82) is 0 Å². The van der Waals surface area contributed by atoms with Crippen molar-refractivity contribution in [2.24, 2.45) is 0 Å². The zero-order valence-corrected chi connectivity index (χ0v) is 10.4. The molecular weight excluding hydrogens is 265 g/mol. The van der Waals surface area contributed by atoms with E-state index in [1.807, 2.05) is 26.0 Å². The van der Waals surface area contributed by atoms with E-state index in [9.17, 15) is 4.79 Å². The van der Waals surface area contributed by atoms with Gasteiger partial charge in [0.1, 0.15) is 5.88 Å². The van der Waals surface area contributed by atoms with Crippen LogP contribution in [-0.4, -0.2) is 11.8 Å². The Morgan fingerprint density at radius 2 is 2.14 bits per heavy atom. The van der Waals surface area contributed by atoms with Gasteiger partial charge < -0.3 is 5.32 Å². The van der Waals surface area contributed by atoms with Crippen LogP contribution >= 0.6 is 27.5 Å². The molecule has 0 heterocycles. The average molecular weight is 277 g/mol. The van der Waals surface area contributed by atoms with E-state index in [1.165, 1.54) is 0 Å². The van der Waals surface area contributed by atoms with Gasteiger partial charge in [0.2, 0.25) is 5.91 Å². The summed E-state index contributed by atoms with van der Waals surface area (Å²) in [6.45, 7) is 3.95. The van der Waals surface area contributed by atoms with Crippen LogP contribution in [0.5, 0.6) is 0 Å². The minimum absolute atomic E-state index is 0.0280. The molecule has 1 aromatic rings. The van der Waals surface area contributed by atoms with Gasteiger partial charge in [-0.25, -0.2) is 0 Å². The third-order valence-corrected chi connectivity index (χ3v) is 2.69. The highest BCUT2D eigenvalue weighted by Gasteiger charge is 2.07. The molecule has 2 nitrogen and oxygen atoms in total. The first-order valence-electron chi connectivity index (χ1n) is 4.17. The molecule has 0 saturated carbocycles. The number of hydrogen-bond donors (Lipinski definition) is 1. The van der Waals surface area contributed by atoms with E-state index < -0.39 is 0 Å². The number of rotatable bonds is 2. The highest BCUT2D eigenvalue weighted by Crippen LogP contribution is 2.27. The lowest BCUT2D eigenvalue weighted by atomic mass is 10.1. The number of nitrogens with one attached hydrogen (secondary N) is 1. The second-order valence-electron chi connectivity index (χ2n) is 3.12. The number of benzene rings is 1. The predicted octanol–water partition coefficient (Wildman–Crippen LogP) is 3.24. The van der Waals surface area contributed by atoms with Crippen LogP contribution in [-0.2, 0) is 4.79 Å². The highest BCUT2D eigenvalue weighted by atomic mass is 79.9. The molecule has 4 heteroatoms. The van der Waals surface area contributed by atoms with Crippen LogP contribution < -0.4 is 5.32 Å². The van der Waals surface area contributed by atoms with E-state index in [0.717, 1.165) is 21.3 Å². The summed E-state index contributed by atoms with van der Waals surface area (Å²) in [6.07, 6.45) is 0. The van der Waals surface area contributed by atoms with Crippen LogP contribution in [0, 0.1) is 13.8 Å². The van der Waals surface area contributed by atoms with Crippen LogP contribution in [0.25, 0.3) is 0 Å². The van der Waals surface area contributed by atoms with Crippen LogP contribution in [0.1, 0.15) is 11.1 Å². The van der Waals surface area contributed by atoms with Crippen molar-refractivity contribution < 1.29 is 4.79 Å². The van der Waals surface area contributed by atoms with Gasteiger partial charge in [0.25, 0.3) is 0 Å². The molecule has 0 bridgehead atoms. The van der Waals surface area contributed by atoms with Gasteiger partial charge in [0.15, 0.2) is 0 Å². The zero-order valence-electron chi connectivity index (χ0n) is 8.03. The maximum Gasteiger partial charge on any atom is 0.239 e. The molecule has 0 atom stereocenters. The number of carbonyl (C=O) groups excluding carboxylic acids is 1. The first-order chi connectivity index (χ1) is 6.54. The third-order valence-electron chi connectivity index (χ3n) is 1.82. The normalized spacial score (nSPS) is 10.0. The summed E-state index contributed by atoms with van der Waals surface area (Å²) in [5.74, 6) is -0.223. The largest absolute Gasteiger partial charge is 0.324 e. The molecule has 0 radical (unpaired) electrons. The van der Waals surface area contributed by atoms with Crippen LogP contribution in [0.15, 0.2) is 16.6 Å². The molecule has 0 aromatic heterocycles. The fraction of sp³-hybridized carbons (Fsp3) is 0.300. The number of anilines is 1. The molecular formula is C10H11BrClNO. The van der Waals surface area contributed by atoms with E-state index in [-0.39, 0.29) is 11.8 Å². The number of halogens is 2. The van der Waals surface area contributed by atoms with E-state index >= 15 is 0 Å². The molecule has 0 aliphatic carbocycles. The van der Waals surface area contributed by atoms with Crippen LogP contribution in [0.2, 0.25) is 0 Å². The fourth-order valence-electron chi connectivity index (χ4n) is 1.25. The SMILES string of the molecule is Cc1cc(C)c(NC(=O)CCl)c(Br)c1. The molecule has 0 spiro atoms. The van der Waals surface area contributed by atoms with Crippen molar-refractivity contribution in [3.8, 4) is 0 Å². The topological polar surface area (TPSA) is 29.1 Å². The maximum absolute atomic E-state index is 11.1. The lowest BCUT2D eigenvalue weighted by Gasteiger charge is -2.10. The summed E-state index contributed by atoms with van der Waals surface area (Å²) in [5.41, 5.74) is 2.97. The molecule has 0 fully saturated rings. The number of hydrogen-bond acceptors (Lipinski definition) is 1. The van der Waals surface area contributed by atoms with E-state index in [1.54, 1.807) is 0 Å². The van der Waals surface area contributed by atoms with Crippen molar-refractivity contribution in [2.45, 2.75) is 13.8 Å². The summed E-state index contributed by atoms with van der Waals surface area (Å²) in [5, 5.41) is 2.74. The average Bonchev–Trinajstić information content (AvgIpc) is 2.10. The van der Waals surface area contributed by atoms with E-state index in [4.69, 9.17) is 11.6 Å². The van der Waals surface area contributed by atoms with Gasteiger partial charge in [-0.1, -0.05) is 6.07 Å². The van der Waals surface area contributed by atoms with Crippen molar-refractivity contribution in [1.82, 2.24) is 0 Å². The highest BCUT2D eigenvalue weighted by molar-refractivity contribution is 9.10. The number of aryl methyl sites for hydroxylation is 2. The molecule has 1 aromatic carbocycles. The molecule has 1 amide bonds. The first-order valence-corrected chi connectivity index (χ1v) is 5.50. The number of carbonyl (C=O) groups is 1. The van der Waals surface area contributed by atoms with E-state index in [0.29, 0.717) is 0 Å². The summed E-state index contributed by atoms with van der Waals surface area (Å²) in [6, 6.07) is 3.96. The number of amides is 1. The first kappa shape index (κ1) is 11.5. The van der Waals surface area contributed by atoms with Gasteiger partial charge in [0, 0.05) is 4.47 Å². The Hall–Kier alpha value is -0.540. The molecule has 0 saturated heterocycles. The molecule has 0 aliphatic rings. The van der Waals surface area contributed by atoms with Gasteiger partial charge >= 0.3 is 0 Å². The van der Waals surface area contributed by atoms with Crippen molar-refractivity contribution in [2.75, 3.05) is 11.2 Å². The Bertz CT molecular complexity index is 342. The van der Waals surface area contributed by atoms with Gasteiger partial charge in [0.05, 0.1) is 5.69 Å². The minimum atomic E-state index is -0.195. The maximum atomic E-state index is 11.1. The number of alkyl halides is 1. The minimum Gasteiger partial charge on any atom is -0.324 e. The van der Waals surface area contributed by atoms with Crippen molar-refractivity contribution >= 4 is 39.1 Å². The Morgan fingerprint density at radius 1 is 1.50 bits per heavy atom. The van der Waals surface area contributed by atoms with Crippen LogP contribution in [0.4, 0.5) is 5.69 Å².